The van der Waals surface area contributed by atoms with E-state index in [2.05, 4.69) is 10.2 Å². The minimum atomic E-state index is -1.12. The van der Waals surface area contributed by atoms with Crippen molar-refractivity contribution in [2.75, 3.05) is 32.7 Å². The Hall–Kier alpha value is -2.30. The van der Waals surface area contributed by atoms with Crippen LogP contribution in [0, 0.1) is 23.2 Å². The van der Waals surface area contributed by atoms with Crippen molar-refractivity contribution in [1.82, 2.24) is 15.3 Å². The number of hydrogen-bond donors (Lipinski definition) is 2. The lowest BCUT2D eigenvalue weighted by atomic mass is 10.0. The van der Waals surface area contributed by atoms with Crippen molar-refractivity contribution in [2.24, 2.45) is 11.8 Å². The van der Waals surface area contributed by atoms with Gasteiger partial charge in [-0.05, 0) is 56.1 Å². The van der Waals surface area contributed by atoms with Crippen LogP contribution >= 0.6 is 0 Å². The number of benzene rings is 1. The van der Waals surface area contributed by atoms with Gasteiger partial charge in [-0.2, -0.15) is 5.26 Å². The molecular weight excluding hydrogens is 308 g/mol. The summed E-state index contributed by atoms with van der Waals surface area (Å²) in [6.07, 6.45) is -1.12. The molecule has 7 heteroatoms. The second kappa shape index (κ2) is 7.07. The molecule has 24 heavy (non-hydrogen) atoms. The average Bonchev–Trinajstić information content (AvgIpc) is 3.14. The van der Waals surface area contributed by atoms with Crippen LogP contribution in [0.1, 0.15) is 12.5 Å². The van der Waals surface area contributed by atoms with Gasteiger partial charge in [0, 0.05) is 19.6 Å². The first kappa shape index (κ1) is 16.6. The van der Waals surface area contributed by atoms with Crippen molar-refractivity contribution in [3.8, 4) is 11.8 Å². The van der Waals surface area contributed by atoms with Crippen molar-refractivity contribution in [3.63, 3.8) is 0 Å². The van der Waals surface area contributed by atoms with Crippen LogP contribution in [-0.4, -0.2) is 59.9 Å². The van der Waals surface area contributed by atoms with Crippen molar-refractivity contribution in [2.45, 2.75) is 13.0 Å². The molecule has 0 radical (unpaired) electrons. The Balaban J connectivity index is 1.60. The quantitative estimate of drug-likeness (QED) is 0.793. The smallest absolute Gasteiger partial charge is 0.441 e. The van der Waals surface area contributed by atoms with Crippen LogP contribution in [0.3, 0.4) is 0 Å². The SMILES string of the molecule is CC(CN1CC2CNCC2C1)N(Oc1ccc(C#N)cc1)C(=O)O. The number of carboxylic acid groups (broad SMARTS) is 1. The fourth-order valence-corrected chi connectivity index (χ4v) is 3.57. The largest absolute Gasteiger partial charge is 0.463 e. The lowest BCUT2D eigenvalue weighted by Gasteiger charge is -2.29. The molecule has 2 saturated heterocycles. The number of carbonyl (C=O) groups is 1. The van der Waals surface area contributed by atoms with E-state index >= 15 is 0 Å². The van der Waals surface area contributed by atoms with Gasteiger partial charge in [-0.3, -0.25) is 0 Å². The van der Waals surface area contributed by atoms with Crippen LogP contribution in [0.5, 0.6) is 5.75 Å². The fraction of sp³-hybridized carbons (Fsp3) is 0.529. The Kier molecular flexibility index (Phi) is 4.88. The monoisotopic (exact) mass is 330 g/mol. The van der Waals surface area contributed by atoms with E-state index in [1.54, 1.807) is 24.3 Å². The molecule has 0 saturated carbocycles. The summed E-state index contributed by atoms with van der Waals surface area (Å²) < 4.78 is 0. The summed E-state index contributed by atoms with van der Waals surface area (Å²) in [5.41, 5.74) is 0.509. The predicted molar refractivity (Wildman–Crippen MR) is 87.4 cm³/mol. The van der Waals surface area contributed by atoms with E-state index in [9.17, 15) is 9.90 Å². The molecule has 0 bridgehead atoms. The maximum absolute atomic E-state index is 11.6. The van der Waals surface area contributed by atoms with Gasteiger partial charge in [0.15, 0.2) is 5.75 Å². The van der Waals surface area contributed by atoms with Gasteiger partial charge in [-0.1, -0.05) is 0 Å². The molecule has 2 aliphatic rings. The van der Waals surface area contributed by atoms with E-state index < -0.39 is 6.09 Å². The summed E-state index contributed by atoms with van der Waals surface area (Å²) >= 11 is 0. The molecule has 0 aromatic heterocycles. The van der Waals surface area contributed by atoms with Crippen molar-refractivity contribution in [1.29, 1.82) is 5.26 Å². The molecule has 2 aliphatic heterocycles. The Morgan fingerprint density at radius 2 is 2.04 bits per heavy atom. The van der Waals surface area contributed by atoms with Gasteiger partial charge in [0.1, 0.15) is 0 Å². The van der Waals surface area contributed by atoms with Crippen molar-refractivity contribution in [3.05, 3.63) is 29.8 Å². The summed E-state index contributed by atoms with van der Waals surface area (Å²) in [5, 5.41) is 22.7. The number of likely N-dealkylation sites (tertiary alicyclic amines) is 1. The fourth-order valence-electron chi connectivity index (χ4n) is 3.57. The Morgan fingerprint density at radius 3 is 2.58 bits per heavy atom. The van der Waals surface area contributed by atoms with E-state index in [-0.39, 0.29) is 6.04 Å². The van der Waals surface area contributed by atoms with E-state index in [0.717, 1.165) is 31.2 Å². The predicted octanol–water partition coefficient (Wildman–Crippen LogP) is 1.37. The molecule has 3 unspecified atom stereocenters. The maximum atomic E-state index is 11.6. The Bertz CT molecular complexity index is 616. The lowest BCUT2D eigenvalue weighted by Crippen LogP contribution is -2.46. The van der Waals surface area contributed by atoms with Gasteiger partial charge < -0.3 is 20.2 Å². The standard InChI is InChI=1S/C17H22N4O3/c1-12(9-20-10-14-7-19-8-15(14)11-20)21(17(22)23)24-16-4-2-13(6-18)3-5-16/h2-5,12,14-15,19H,7-11H2,1H3,(H,22,23). The highest BCUT2D eigenvalue weighted by atomic mass is 16.7. The molecule has 1 amide bonds. The zero-order chi connectivity index (χ0) is 17.1. The van der Waals surface area contributed by atoms with Gasteiger partial charge in [0.05, 0.1) is 17.7 Å². The topological polar surface area (TPSA) is 88.8 Å². The molecule has 2 heterocycles. The first-order chi connectivity index (χ1) is 11.6. The average molecular weight is 330 g/mol. The number of fused-ring (bicyclic) bond motifs is 1. The number of nitrogens with one attached hydrogen (secondary N) is 1. The molecule has 0 spiro atoms. The molecular formula is C17H22N4O3. The molecule has 1 aromatic rings. The van der Waals surface area contributed by atoms with Crippen LogP contribution in [0.2, 0.25) is 0 Å². The second-order valence-corrected chi connectivity index (χ2v) is 6.58. The van der Waals surface area contributed by atoms with Gasteiger partial charge >= 0.3 is 6.09 Å². The summed E-state index contributed by atoms with van der Waals surface area (Å²) in [6, 6.07) is 8.16. The van der Waals surface area contributed by atoms with Crippen LogP contribution in [-0.2, 0) is 0 Å². The molecule has 1 aromatic carbocycles. The molecule has 2 fully saturated rings. The summed E-state index contributed by atoms with van der Waals surface area (Å²) in [7, 11) is 0. The zero-order valence-corrected chi connectivity index (χ0v) is 13.7. The van der Waals surface area contributed by atoms with E-state index in [1.807, 2.05) is 13.0 Å². The van der Waals surface area contributed by atoms with Gasteiger partial charge in [0.2, 0.25) is 0 Å². The first-order valence-electron chi connectivity index (χ1n) is 8.20. The first-order valence-corrected chi connectivity index (χ1v) is 8.20. The second-order valence-electron chi connectivity index (χ2n) is 6.58. The lowest BCUT2D eigenvalue weighted by molar-refractivity contribution is -0.0699. The van der Waals surface area contributed by atoms with Crippen LogP contribution < -0.4 is 10.2 Å². The highest BCUT2D eigenvalue weighted by Crippen LogP contribution is 2.26. The molecule has 7 nitrogen and oxygen atoms in total. The minimum absolute atomic E-state index is 0.287. The molecule has 3 atom stereocenters. The number of rotatable bonds is 5. The number of hydroxylamine groups is 2. The highest BCUT2D eigenvalue weighted by Gasteiger charge is 2.37. The van der Waals surface area contributed by atoms with Crippen LogP contribution in [0.15, 0.2) is 24.3 Å². The molecule has 0 aliphatic carbocycles. The molecule has 2 N–H and O–H groups in total. The summed E-state index contributed by atoms with van der Waals surface area (Å²) in [5.74, 6) is 1.76. The Morgan fingerprint density at radius 1 is 1.42 bits per heavy atom. The zero-order valence-electron chi connectivity index (χ0n) is 13.7. The highest BCUT2D eigenvalue weighted by molar-refractivity contribution is 5.64. The van der Waals surface area contributed by atoms with E-state index in [4.69, 9.17) is 10.1 Å². The Labute approximate surface area is 141 Å². The summed E-state index contributed by atoms with van der Waals surface area (Å²) in [6.45, 7) is 6.62. The minimum Gasteiger partial charge on any atom is -0.463 e. The third kappa shape index (κ3) is 3.61. The van der Waals surface area contributed by atoms with E-state index in [1.165, 1.54) is 0 Å². The number of amides is 1. The molecule has 3 rings (SSSR count). The van der Waals surface area contributed by atoms with Crippen LogP contribution in [0.25, 0.3) is 0 Å². The van der Waals surface area contributed by atoms with Gasteiger partial charge in [-0.25, -0.2) is 4.79 Å². The van der Waals surface area contributed by atoms with Crippen molar-refractivity contribution < 1.29 is 14.7 Å². The third-order valence-corrected chi connectivity index (χ3v) is 4.76. The van der Waals surface area contributed by atoms with Crippen LogP contribution in [0.4, 0.5) is 4.79 Å². The number of hydrogen-bond acceptors (Lipinski definition) is 5. The number of nitriles is 1. The maximum Gasteiger partial charge on any atom is 0.441 e. The normalized spacial score (nSPS) is 24.2. The number of nitrogens with zero attached hydrogens (tertiary/aromatic N) is 3. The third-order valence-electron chi connectivity index (χ3n) is 4.76. The summed E-state index contributed by atoms with van der Waals surface area (Å²) in [4.78, 5) is 19.4. The van der Waals surface area contributed by atoms with Gasteiger partial charge in [0.25, 0.3) is 0 Å². The van der Waals surface area contributed by atoms with Crippen molar-refractivity contribution >= 4 is 6.09 Å². The van der Waals surface area contributed by atoms with E-state index in [0.29, 0.717) is 29.7 Å². The van der Waals surface area contributed by atoms with Gasteiger partial charge in [-0.15, -0.1) is 5.06 Å². The molecule has 128 valence electrons.